The molecule has 0 aromatic heterocycles. The van der Waals surface area contributed by atoms with Crippen LogP contribution in [0.5, 0.6) is 11.5 Å². The van der Waals surface area contributed by atoms with Crippen LogP contribution in [0.25, 0.3) is 0 Å². The van der Waals surface area contributed by atoms with Crippen LogP contribution in [0.4, 0.5) is 10.1 Å². The lowest BCUT2D eigenvalue weighted by atomic mass is 10.1. The van der Waals surface area contributed by atoms with E-state index in [-0.39, 0.29) is 12.4 Å². The van der Waals surface area contributed by atoms with Crippen molar-refractivity contribution in [1.82, 2.24) is 5.32 Å². The van der Waals surface area contributed by atoms with Gasteiger partial charge in [-0.05, 0) is 61.0 Å². The summed E-state index contributed by atoms with van der Waals surface area (Å²) in [4.78, 5) is 12.5. The summed E-state index contributed by atoms with van der Waals surface area (Å²) in [7, 11) is -3.71. The van der Waals surface area contributed by atoms with Crippen LogP contribution in [0.15, 0.2) is 78.9 Å². The first kappa shape index (κ1) is 22.3. The standard InChI is InChI=1S/C23H23FN2O4S/c1-17(18-8-10-19(24)11-9-18)25-23(27)16-26(31(2,28)29)20-12-14-22(15-13-20)30-21-6-4-3-5-7-21/h3-15,17H,16H2,1-2H3,(H,25,27). The van der Waals surface area contributed by atoms with E-state index in [2.05, 4.69) is 5.32 Å². The summed E-state index contributed by atoms with van der Waals surface area (Å²) in [6, 6.07) is 21.0. The Bertz CT molecular complexity index is 1120. The zero-order chi connectivity index (χ0) is 22.4. The first-order valence-corrected chi connectivity index (χ1v) is 11.4. The molecule has 3 aromatic rings. The maximum absolute atomic E-state index is 13.1. The Morgan fingerprint density at radius 3 is 2.13 bits per heavy atom. The van der Waals surface area contributed by atoms with Crippen molar-refractivity contribution in [1.29, 1.82) is 0 Å². The lowest BCUT2D eigenvalue weighted by Crippen LogP contribution is -2.41. The highest BCUT2D eigenvalue weighted by Gasteiger charge is 2.22. The molecule has 1 amide bonds. The molecule has 0 aliphatic rings. The average molecular weight is 443 g/mol. The minimum atomic E-state index is -3.71. The molecule has 0 aliphatic heterocycles. The molecule has 0 spiro atoms. The number of rotatable bonds is 8. The second-order valence-electron chi connectivity index (χ2n) is 7.02. The number of nitrogens with zero attached hydrogens (tertiary/aromatic N) is 1. The molecule has 3 rings (SSSR count). The summed E-state index contributed by atoms with van der Waals surface area (Å²) in [5.41, 5.74) is 1.05. The Hall–Kier alpha value is -3.39. The fraction of sp³-hybridized carbons (Fsp3) is 0.174. The fourth-order valence-electron chi connectivity index (χ4n) is 2.96. The highest BCUT2D eigenvalue weighted by Crippen LogP contribution is 2.25. The largest absolute Gasteiger partial charge is 0.457 e. The molecule has 6 nitrogen and oxygen atoms in total. The minimum absolute atomic E-state index is 0.340. The van der Waals surface area contributed by atoms with E-state index in [0.29, 0.717) is 22.7 Å². The lowest BCUT2D eigenvalue weighted by Gasteiger charge is -2.23. The number of carbonyl (C=O) groups excluding carboxylic acids is 1. The molecule has 1 unspecified atom stereocenters. The van der Waals surface area contributed by atoms with Gasteiger partial charge in [0.1, 0.15) is 23.9 Å². The number of nitrogens with one attached hydrogen (secondary N) is 1. The van der Waals surface area contributed by atoms with Gasteiger partial charge in [-0.25, -0.2) is 12.8 Å². The topological polar surface area (TPSA) is 75.7 Å². The van der Waals surface area contributed by atoms with E-state index < -0.39 is 22.0 Å². The van der Waals surface area contributed by atoms with Crippen molar-refractivity contribution in [3.8, 4) is 11.5 Å². The number of hydrogen-bond acceptors (Lipinski definition) is 4. The zero-order valence-electron chi connectivity index (χ0n) is 17.2. The van der Waals surface area contributed by atoms with Crippen molar-refractivity contribution >= 4 is 21.6 Å². The van der Waals surface area contributed by atoms with Crippen LogP contribution in [-0.2, 0) is 14.8 Å². The second kappa shape index (κ2) is 9.61. The maximum atomic E-state index is 13.1. The molecule has 162 valence electrons. The van der Waals surface area contributed by atoms with Crippen LogP contribution in [0.2, 0.25) is 0 Å². The molecule has 0 radical (unpaired) electrons. The lowest BCUT2D eigenvalue weighted by molar-refractivity contribution is -0.120. The summed E-state index contributed by atoms with van der Waals surface area (Å²) in [6.07, 6.45) is 1.04. The third-order valence-electron chi connectivity index (χ3n) is 4.54. The van der Waals surface area contributed by atoms with Crippen molar-refractivity contribution in [3.63, 3.8) is 0 Å². The zero-order valence-corrected chi connectivity index (χ0v) is 18.0. The number of halogens is 1. The smallest absolute Gasteiger partial charge is 0.241 e. The highest BCUT2D eigenvalue weighted by molar-refractivity contribution is 7.92. The molecule has 1 atom stereocenters. The molecule has 0 heterocycles. The Morgan fingerprint density at radius 2 is 1.55 bits per heavy atom. The molecule has 0 saturated carbocycles. The van der Waals surface area contributed by atoms with Gasteiger partial charge in [0.05, 0.1) is 18.0 Å². The Morgan fingerprint density at radius 1 is 0.968 bits per heavy atom. The van der Waals surface area contributed by atoms with Crippen LogP contribution >= 0.6 is 0 Å². The molecular weight excluding hydrogens is 419 g/mol. The SMILES string of the molecule is CC(NC(=O)CN(c1ccc(Oc2ccccc2)cc1)S(C)(=O)=O)c1ccc(F)cc1. The van der Waals surface area contributed by atoms with E-state index in [9.17, 15) is 17.6 Å². The number of amides is 1. The summed E-state index contributed by atoms with van der Waals surface area (Å²) >= 11 is 0. The molecule has 0 saturated heterocycles. The van der Waals surface area contributed by atoms with Gasteiger partial charge in [-0.15, -0.1) is 0 Å². The summed E-state index contributed by atoms with van der Waals surface area (Å²) in [6.45, 7) is 1.36. The van der Waals surface area contributed by atoms with E-state index in [0.717, 1.165) is 10.6 Å². The van der Waals surface area contributed by atoms with Gasteiger partial charge in [0.15, 0.2) is 0 Å². The predicted octanol–water partition coefficient (Wildman–Crippen LogP) is 4.26. The van der Waals surface area contributed by atoms with Crippen molar-refractivity contribution in [2.24, 2.45) is 0 Å². The van der Waals surface area contributed by atoms with Crippen molar-refractivity contribution < 1.29 is 22.3 Å². The van der Waals surface area contributed by atoms with Crippen molar-refractivity contribution in [2.75, 3.05) is 17.1 Å². The fourth-order valence-corrected chi connectivity index (χ4v) is 3.81. The number of para-hydroxylation sites is 1. The van der Waals surface area contributed by atoms with Gasteiger partial charge in [-0.3, -0.25) is 9.10 Å². The van der Waals surface area contributed by atoms with Gasteiger partial charge in [0.25, 0.3) is 0 Å². The van der Waals surface area contributed by atoms with Crippen LogP contribution < -0.4 is 14.4 Å². The van der Waals surface area contributed by atoms with Gasteiger partial charge in [-0.2, -0.15) is 0 Å². The molecule has 8 heteroatoms. The van der Waals surface area contributed by atoms with Crippen LogP contribution in [0.3, 0.4) is 0 Å². The van der Waals surface area contributed by atoms with Gasteiger partial charge in [-0.1, -0.05) is 30.3 Å². The number of benzene rings is 3. The third kappa shape index (κ3) is 6.29. The minimum Gasteiger partial charge on any atom is -0.457 e. The van der Waals surface area contributed by atoms with Gasteiger partial charge < -0.3 is 10.1 Å². The Kier molecular flexibility index (Phi) is 6.91. The Labute approximate surface area is 181 Å². The van der Waals surface area contributed by atoms with Gasteiger partial charge >= 0.3 is 0 Å². The molecular formula is C23H23FN2O4S. The number of sulfonamides is 1. The van der Waals surface area contributed by atoms with Crippen molar-refractivity contribution in [2.45, 2.75) is 13.0 Å². The maximum Gasteiger partial charge on any atom is 0.241 e. The molecule has 31 heavy (non-hydrogen) atoms. The second-order valence-corrected chi connectivity index (χ2v) is 8.93. The number of anilines is 1. The monoisotopic (exact) mass is 442 g/mol. The third-order valence-corrected chi connectivity index (χ3v) is 5.68. The normalized spacial score (nSPS) is 12.1. The van der Waals surface area contributed by atoms with E-state index in [1.807, 2.05) is 30.3 Å². The molecule has 0 bridgehead atoms. The first-order chi connectivity index (χ1) is 14.7. The number of hydrogen-bond donors (Lipinski definition) is 1. The van der Waals surface area contributed by atoms with E-state index in [1.54, 1.807) is 43.3 Å². The molecule has 3 aromatic carbocycles. The number of carbonyl (C=O) groups is 1. The molecule has 0 aliphatic carbocycles. The Balaban J connectivity index is 1.70. The summed E-state index contributed by atoms with van der Waals surface area (Å²) < 4.78 is 44.4. The van der Waals surface area contributed by atoms with Crippen molar-refractivity contribution in [3.05, 3.63) is 90.2 Å². The van der Waals surface area contributed by atoms with E-state index in [4.69, 9.17) is 4.74 Å². The van der Waals surface area contributed by atoms with E-state index in [1.165, 1.54) is 12.1 Å². The predicted molar refractivity (Wildman–Crippen MR) is 118 cm³/mol. The molecule has 0 fully saturated rings. The van der Waals surface area contributed by atoms with Crippen LogP contribution in [-0.4, -0.2) is 27.1 Å². The van der Waals surface area contributed by atoms with E-state index >= 15 is 0 Å². The first-order valence-electron chi connectivity index (χ1n) is 9.58. The summed E-state index contributed by atoms with van der Waals surface area (Å²) in [5.74, 6) is 0.347. The average Bonchev–Trinajstić information content (AvgIpc) is 2.73. The number of ether oxygens (including phenoxy) is 1. The van der Waals surface area contributed by atoms with Gasteiger partial charge in [0, 0.05) is 0 Å². The highest BCUT2D eigenvalue weighted by atomic mass is 32.2. The van der Waals surface area contributed by atoms with Crippen LogP contribution in [0, 0.1) is 5.82 Å². The quantitative estimate of drug-likeness (QED) is 0.566. The molecule has 1 N–H and O–H groups in total. The summed E-state index contributed by atoms with van der Waals surface area (Å²) in [5, 5.41) is 2.74. The van der Waals surface area contributed by atoms with Crippen LogP contribution in [0.1, 0.15) is 18.5 Å². The van der Waals surface area contributed by atoms with Gasteiger partial charge in [0.2, 0.25) is 15.9 Å².